The second-order valence-electron chi connectivity index (χ2n) is 7.42. The molecule has 0 spiro atoms. The van der Waals surface area contributed by atoms with Crippen LogP contribution in [0.25, 0.3) is 10.1 Å². The first-order valence-corrected chi connectivity index (χ1v) is 10.6. The average Bonchev–Trinajstić information content (AvgIpc) is 3.24. The average molecular weight is 396 g/mol. The molecule has 4 rings (SSSR count). The highest BCUT2D eigenvalue weighted by Crippen LogP contribution is 2.24. The zero-order valence-corrected chi connectivity index (χ0v) is 16.9. The lowest BCUT2D eigenvalue weighted by Gasteiger charge is -2.36. The van der Waals surface area contributed by atoms with Gasteiger partial charge < -0.3 is 14.8 Å². The maximum absolute atomic E-state index is 13.1. The van der Waals surface area contributed by atoms with Crippen molar-refractivity contribution in [3.8, 4) is 0 Å². The normalized spacial score (nSPS) is 15.8. The summed E-state index contributed by atoms with van der Waals surface area (Å²) in [6.45, 7) is 3.08. The van der Waals surface area contributed by atoms with Crippen molar-refractivity contribution in [2.24, 2.45) is 0 Å². The number of carbonyl (C=O) groups is 1. The number of rotatable bonds is 5. The van der Waals surface area contributed by atoms with E-state index in [1.807, 2.05) is 23.4 Å². The molecule has 3 heterocycles. The number of likely N-dealkylation sites (tertiary alicyclic amines) is 1. The van der Waals surface area contributed by atoms with E-state index in [4.69, 9.17) is 0 Å². The number of thiophene rings is 1. The SMILES string of the molecule is CN(C(=O)c1c[nH]c(=O)c2ccsc12)C1CCN(CCc2ccccc2)CC1. The van der Waals surface area contributed by atoms with E-state index in [1.165, 1.54) is 16.9 Å². The maximum Gasteiger partial charge on any atom is 0.256 e. The lowest BCUT2D eigenvalue weighted by molar-refractivity contribution is 0.0645. The first-order valence-electron chi connectivity index (χ1n) is 9.76. The molecule has 28 heavy (non-hydrogen) atoms. The van der Waals surface area contributed by atoms with Gasteiger partial charge in [-0.25, -0.2) is 0 Å². The lowest BCUT2D eigenvalue weighted by Crippen LogP contribution is -2.46. The maximum atomic E-state index is 13.1. The van der Waals surface area contributed by atoms with E-state index in [0.29, 0.717) is 10.9 Å². The van der Waals surface area contributed by atoms with Crippen molar-refractivity contribution >= 4 is 27.3 Å². The minimum absolute atomic E-state index is 0.00793. The Balaban J connectivity index is 1.36. The van der Waals surface area contributed by atoms with E-state index >= 15 is 0 Å². The van der Waals surface area contributed by atoms with Gasteiger partial charge in [0.25, 0.3) is 11.5 Å². The highest BCUT2D eigenvalue weighted by molar-refractivity contribution is 7.17. The number of carbonyl (C=O) groups excluding carboxylic acids is 1. The van der Waals surface area contributed by atoms with Gasteiger partial charge >= 0.3 is 0 Å². The molecule has 1 aliphatic heterocycles. The van der Waals surface area contributed by atoms with E-state index < -0.39 is 0 Å². The van der Waals surface area contributed by atoms with Crippen LogP contribution in [-0.2, 0) is 6.42 Å². The predicted molar refractivity (Wildman–Crippen MR) is 114 cm³/mol. The molecule has 6 heteroatoms. The van der Waals surface area contributed by atoms with Crippen LogP contribution in [0.4, 0.5) is 0 Å². The van der Waals surface area contributed by atoms with Gasteiger partial charge in [0.1, 0.15) is 0 Å². The molecule has 1 aromatic carbocycles. The van der Waals surface area contributed by atoms with Gasteiger partial charge in [0, 0.05) is 38.9 Å². The Morgan fingerprint density at radius 2 is 1.96 bits per heavy atom. The fraction of sp³-hybridized carbons (Fsp3) is 0.364. The molecule has 1 N–H and O–H groups in total. The van der Waals surface area contributed by atoms with Crippen molar-refractivity contribution in [2.75, 3.05) is 26.7 Å². The van der Waals surface area contributed by atoms with Gasteiger partial charge in [-0.1, -0.05) is 30.3 Å². The third-order valence-corrected chi connectivity index (χ3v) is 6.66. The number of amides is 1. The van der Waals surface area contributed by atoms with Crippen molar-refractivity contribution in [1.29, 1.82) is 0 Å². The van der Waals surface area contributed by atoms with Gasteiger partial charge in [-0.3, -0.25) is 9.59 Å². The number of hydrogen-bond donors (Lipinski definition) is 1. The first kappa shape index (κ1) is 18.9. The van der Waals surface area contributed by atoms with Crippen molar-refractivity contribution < 1.29 is 4.79 Å². The molecule has 0 radical (unpaired) electrons. The van der Waals surface area contributed by atoms with Gasteiger partial charge in [-0.2, -0.15) is 0 Å². The summed E-state index contributed by atoms with van der Waals surface area (Å²) in [6, 6.07) is 12.6. The minimum Gasteiger partial charge on any atom is -0.339 e. The number of pyridine rings is 1. The number of H-pyrrole nitrogens is 1. The summed E-state index contributed by atoms with van der Waals surface area (Å²) < 4.78 is 0.779. The molecule has 3 aromatic rings. The number of benzene rings is 1. The van der Waals surface area contributed by atoms with E-state index in [1.54, 1.807) is 12.3 Å². The third-order valence-electron chi connectivity index (χ3n) is 5.72. The fourth-order valence-electron chi connectivity index (χ4n) is 3.95. The Kier molecular flexibility index (Phi) is 5.59. The molecule has 5 nitrogen and oxygen atoms in total. The third kappa shape index (κ3) is 3.88. The summed E-state index contributed by atoms with van der Waals surface area (Å²) in [7, 11) is 1.89. The van der Waals surface area contributed by atoms with Crippen LogP contribution in [0.1, 0.15) is 28.8 Å². The van der Waals surface area contributed by atoms with Crippen LogP contribution in [0.3, 0.4) is 0 Å². The highest BCUT2D eigenvalue weighted by Gasteiger charge is 2.27. The fourth-order valence-corrected chi connectivity index (χ4v) is 4.86. The Morgan fingerprint density at radius 3 is 2.71 bits per heavy atom. The van der Waals surface area contributed by atoms with Crippen molar-refractivity contribution in [2.45, 2.75) is 25.3 Å². The number of hydrogen-bond acceptors (Lipinski definition) is 4. The van der Waals surface area contributed by atoms with Gasteiger partial charge in [0.15, 0.2) is 0 Å². The topological polar surface area (TPSA) is 56.4 Å². The molecule has 0 bridgehead atoms. The zero-order valence-electron chi connectivity index (χ0n) is 16.1. The van der Waals surface area contributed by atoms with Gasteiger partial charge in [-0.05, 0) is 36.3 Å². The first-order chi connectivity index (χ1) is 13.6. The van der Waals surface area contributed by atoms with E-state index in [2.05, 4.69) is 34.1 Å². The Morgan fingerprint density at radius 1 is 1.21 bits per heavy atom. The van der Waals surface area contributed by atoms with Crippen LogP contribution >= 0.6 is 11.3 Å². The van der Waals surface area contributed by atoms with E-state index in [9.17, 15) is 9.59 Å². The molecular weight excluding hydrogens is 370 g/mol. The second kappa shape index (κ2) is 8.29. The minimum atomic E-state index is -0.137. The number of piperidine rings is 1. The zero-order chi connectivity index (χ0) is 19.5. The highest BCUT2D eigenvalue weighted by atomic mass is 32.1. The molecule has 1 aliphatic rings. The van der Waals surface area contributed by atoms with Gasteiger partial charge in [0.05, 0.1) is 15.6 Å². The summed E-state index contributed by atoms with van der Waals surface area (Å²) in [4.78, 5) is 32.0. The number of aromatic nitrogens is 1. The van der Waals surface area contributed by atoms with Gasteiger partial charge in [-0.15, -0.1) is 11.3 Å². The molecule has 1 saturated heterocycles. The number of nitrogens with zero attached hydrogens (tertiary/aromatic N) is 2. The molecule has 2 aromatic heterocycles. The van der Waals surface area contributed by atoms with E-state index in [0.717, 1.165) is 43.6 Å². The molecule has 0 atom stereocenters. The number of nitrogens with one attached hydrogen (secondary N) is 1. The number of aromatic amines is 1. The lowest BCUT2D eigenvalue weighted by atomic mass is 10.0. The molecule has 0 unspecified atom stereocenters. The van der Waals surface area contributed by atoms with Crippen molar-refractivity contribution in [1.82, 2.24) is 14.8 Å². The summed E-state index contributed by atoms with van der Waals surface area (Å²) in [6.07, 6.45) is 4.59. The van der Waals surface area contributed by atoms with Crippen molar-refractivity contribution in [3.05, 3.63) is 69.5 Å². The summed E-state index contributed by atoms with van der Waals surface area (Å²) in [5.41, 5.74) is 1.83. The van der Waals surface area contributed by atoms with E-state index in [-0.39, 0.29) is 17.5 Å². The Bertz CT molecular complexity index is 1000. The summed E-state index contributed by atoms with van der Waals surface area (Å²) in [5, 5.41) is 2.46. The van der Waals surface area contributed by atoms with Crippen LogP contribution in [0.15, 0.2) is 52.8 Å². The Hall–Kier alpha value is -2.44. The summed E-state index contributed by atoms with van der Waals surface area (Å²) in [5.74, 6) is -0.00793. The monoisotopic (exact) mass is 395 g/mol. The molecule has 1 amide bonds. The molecule has 0 aliphatic carbocycles. The van der Waals surface area contributed by atoms with Crippen LogP contribution in [0.5, 0.6) is 0 Å². The largest absolute Gasteiger partial charge is 0.339 e. The number of fused-ring (bicyclic) bond motifs is 1. The molecule has 0 saturated carbocycles. The van der Waals surface area contributed by atoms with Crippen LogP contribution in [-0.4, -0.2) is 53.4 Å². The van der Waals surface area contributed by atoms with Crippen molar-refractivity contribution in [3.63, 3.8) is 0 Å². The van der Waals surface area contributed by atoms with Crippen LogP contribution in [0, 0.1) is 0 Å². The predicted octanol–water partition coefficient (Wildman–Crippen LogP) is 3.37. The standard InChI is InChI=1S/C22H25N3O2S/c1-24(22(27)19-15-23-21(26)18-10-14-28-20(18)19)17-8-12-25(13-9-17)11-7-16-5-3-2-4-6-16/h2-6,10,14-15,17H,7-9,11-13H2,1H3,(H,23,26). The summed E-state index contributed by atoms with van der Waals surface area (Å²) >= 11 is 1.45. The second-order valence-corrected chi connectivity index (χ2v) is 8.34. The van der Waals surface area contributed by atoms with Gasteiger partial charge in [0.2, 0.25) is 0 Å². The smallest absolute Gasteiger partial charge is 0.256 e. The molecular formula is C22H25N3O2S. The quantitative estimate of drug-likeness (QED) is 0.721. The molecule has 1 fully saturated rings. The van der Waals surface area contributed by atoms with Crippen LogP contribution in [0.2, 0.25) is 0 Å². The Labute approximate surface area is 168 Å². The van der Waals surface area contributed by atoms with Crippen LogP contribution < -0.4 is 5.56 Å². The molecule has 146 valence electrons.